The van der Waals surface area contributed by atoms with Gasteiger partial charge in [0.05, 0.1) is 0 Å². The van der Waals surface area contributed by atoms with Gasteiger partial charge in [0, 0.05) is 36.5 Å². The SMILES string of the molecule is C=CCOC(=O)Nc1nn(CCCNC(=O)OC(C)(C)C)cc1-c1ccc(OC[C@@H](O[Si](C)(C)C(C)(C)C)C(=O)O)cc1F. The molecule has 44 heavy (non-hydrogen) atoms. The van der Waals surface area contributed by atoms with Crippen LogP contribution in [0.2, 0.25) is 18.1 Å². The fourth-order valence-corrected chi connectivity index (χ4v) is 4.74. The number of ether oxygens (including phenoxy) is 3. The third-order valence-electron chi connectivity index (χ3n) is 6.70. The second-order valence-corrected chi connectivity index (χ2v) is 17.4. The van der Waals surface area contributed by atoms with E-state index in [1.807, 2.05) is 33.9 Å². The van der Waals surface area contributed by atoms with Gasteiger partial charge in [-0.05, 0) is 57.5 Å². The van der Waals surface area contributed by atoms with Gasteiger partial charge in [-0.1, -0.05) is 33.4 Å². The molecule has 2 aromatic rings. The van der Waals surface area contributed by atoms with Crippen LogP contribution >= 0.6 is 0 Å². The molecule has 12 nitrogen and oxygen atoms in total. The Morgan fingerprint density at radius 2 is 1.82 bits per heavy atom. The van der Waals surface area contributed by atoms with E-state index in [-0.39, 0.29) is 40.9 Å². The van der Waals surface area contributed by atoms with Crippen LogP contribution in [0.1, 0.15) is 48.0 Å². The van der Waals surface area contributed by atoms with Crippen molar-refractivity contribution in [3.63, 3.8) is 0 Å². The number of hydrogen-bond acceptors (Lipinski definition) is 8. The number of halogens is 1. The number of anilines is 1. The highest BCUT2D eigenvalue weighted by Gasteiger charge is 2.41. The molecule has 3 N–H and O–H groups in total. The Bertz CT molecular complexity index is 1320. The molecular weight excluding hydrogens is 591 g/mol. The Hall–Kier alpha value is -3.91. The predicted octanol–water partition coefficient (Wildman–Crippen LogP) is 6.19. The average Bonchev–Trinajstić information content (AvgIpc) is 3.27. The van der Waals surface area contributed by atoms with Crippen LogP contribution in [-0.2, 0) is 25.2 Å². The van der Waals surface area contributed by atoms with Crippen LogP contribution in [0.25, 0.3) is 11.1 Å². The van der Waals surface area contributed by atoms with E-state index in [0.29, 0.717) is 19.5 Å². The number of amides is 2. The van der Waals surface area contributed by atoms with Crippen molar-refractivity contribution in [3.05, 3.63) is 42.9 Å². The maximum Gasteiger partial charge on any atom is 0.413 e. The highest BCUT2D eigenvalue weighted by atomic mass is 28.4. The maximum atomic E-state index is 15.4. The summed E-state index contributed by atoms with van der Waals surface area (Å²) >= 11 is 0. The van der Waals surface area contributed by atoms with Crippen molar-refractivity contribution in [1.29, 1.82) is 0 Å². The van der Waals surface area contributed by atoms with Gasteiger partial charge in [0.1, 0.15) is 30.4 Å². The summed E-state index contributed by atoms with van der Waals surface area (Å²) in [6.45, 7) is 19.0. The third kappa shape index (κ3) is 11.3. The van der Waals surface area contributed by atoms with Crippen molar-refractivity contribution >= 4 is 32.3 Å². The number of aliphatic carboxylic acids is 1. The van der Waals surface area contributed by atoms with Crippen molar-refractivity contribution in [2.24, 2.45) is 0 Å². The minimum Gasteiger partial charge on any atom is -0.490 e. The second-order valence-electron chi connectivity index (χ2n) is 12.6. The summed E-state index contributed by atoms with van der Waals surface area (Å²) in [6, 6.07) is 4.06. The highest BCUT2D eigenvalue weighted by Crippen LogP contribution is 2.37. The fraction of sp³-hybridized carbons (Fsp3) is 0.533. The van der Waals surface area contributed by atoms with Crippen LogP contribution in [-0.4, -0.2) is 72.8 Å². The summed E-state index contributed by atoms with van der Waals surface area (Å²) in [5.41, 5.74) is -0.237. The van der Waals surface area contributed by atoms with Crippen LogP contribution in [0.15, 0.2) is 37.1 Å². The zero-order valence-corrected chi connectivity index (χ0v) is 27.8. The Labute approximate surface area is 259 Å². The highest BCUT2D eigenvalue weighted by molar-refractivity contribution is 6.74. The molecule has 0 unspecified atom stereocenters. The number of aryl methyl sites for hydroxylation is 1. The molecule has 0 aliphatic heterocycles. The average molecular weight is 637 g/mol. The van der Waals surface area contributed by atoms with E-state index in [4.69, 9.17) is 18.6 Å². The molecule has 0 radical (unpaired) electrons. The molecule has 1 aromatic heterocycles. The van der Waals surface area contributed by atoms with Crippen LogP contribution in [0.4, 0.5) is 19.8 Å². The summed E-state index contributed by atoms with van der Waals surface area (Å²) < 4.78 is 38.8. The second kappa shape index (κ2) is 15.2. The summed E-state index contributed by atoms with van der Waals surface area (Å²) in [6.07, 6.45) is 0.864. The topological polar surface area (TPSA) is 150 Å². The van der Waals surface area contributed by atoms with Crippen molar-refractivity contribution in [2.75, 3.05) is 25.1 Å². The van der Waals surface area contributed by atoms with Gasteiger partial charge < -0.3 is 29.1 Å². The number of rotatable bonds is 14. The Kier molecular flexibility index (Phi) is 12.5. The zero-order chi connectivity index (χ0) is 33.3. The van der Waals surface area contributed by atoms with Crippen LogP contribution < -0.4 is 15.4 Å². The molecule has 2 rings (SSSR count). The molecule has 0 saturated carbocycles. The molecule has 0 saturated heterocycles. The van der Waals surface area contributed by atoms with Gasteiger partial charge in [0.2, 0.25) is 0 Å². The first-order chi connectivity index (χ1) is 20.3. The van der Waals surface area contributed by atoms with Gasteiger partial charge in [-0.15, -0.1) is 0 Å². The standard InChI is InChI=1S/C30H45FN4O8Si/c1-10-16-40-28(39)33-25-22(18-35(34-25)15-11-14-32-27(38)42-29(2,3)4)21-13-12-20(17-23(21)31)41-19-24(26(36)37)43-44(8,9)30(5,6)7/h10,12-13,17-18,24H,1,11,14-16,19H2,2-9H3,(H,32,38)(H,36,37)(H,33,34,39)/t24-/m1/s1. The lowest BCUT2D eigenvalue weighted by Gasteiger charge is -2.38. The van der Waals surface area contributed by atoms with Gasteiger partial charge in [-0.3, -0.25) is 10.00 Å². The summed E-state index contributed by atoms with van der Waals surface area (Å²) in [5, 5.41) is 19.0. The molecule has 0 aliphatic carbocycles. The number of nitrogens with zero attached hydrogens (tertiary/aromatic N) is 2. The Morgan fingerprint density at radius 1 is 1.14 bits per heavy atom. The number of carboxylic acids is 1. The largest absolute Gasteiger partial charge is 0.490 e. The molecule has 1 aromatic carbocycles. The maximum absolute atomic E-state index is 15.4. The number of carbonyl (C=O) groups is 3. The minimum absolute atomic E-state index is 0.0327. The smallest absolute Gasteiger partial charge is 0.413 e. The molecule has 2 amide bonds. The van der Waals surface area contributed by atoms with Gasteiger partial charge in [0.25, 0.3) is 0 Å². The summed E-state index contributed by atoms with van der Waals surface area (Å²) in [5.74, 6) is -1.69. The van der Waals surface area contributed by atoms with Crippen molar-refractivity contribution in [2.45, 2.75) is 84.3 Å². The number of benzene rings is 1. The fourth-order valence-electron chi connectivity index (χ4n) is 3.50. The van der Waals surface area contributed by atoms with E-state index in [1.165, 1.54) is 22.9 Å². The number of aromatic nitrogens is 2. The van der Waals surface area contributed by atoms with Gasteiger partial charge in [-0.25, -0.2) is 18.8 Å². The van der Waals surface area contributed by atoms with Crippen LogP contribution in [0, 0.1) is 5.82 Å². The molecular formula is C30H45FN4O8Si. The monoisotopic (exact) mass is 636 g/mol. The molecule has 0 fully saturated rings. The van der Waals surface area contributed by atoms with E-state index >= 15 is 4.39 Å². The first kappa shape index (κ1) is 36.3. The Balaban J connectivity index is 2.21. The number of carboxylic acid groups (broad SMARTS) is 1. The lowest BCUT2D eigenvalue weighted by molar-refractivity contribution is -0.147. The van der Waals surface area contributed by atoms with E-state index in [9.17, 15) is 19.5 Å². The van der Waals surface area contributed by atoms with E-state index < -0.39 is 44.0 Å². The molecule has 14 heteroatoms. The van der Waals surface area contributed by atoms with E-state index in [1.54, 1.807) is 27.0 Å². The van der Waals surface area contributed by atoms with Gasteiger partial charge in [-0.2, -0.15) is 5.10 Å². The molecule has 244 valence electrons. The van der Waals surface area contributed by atoms with Gasteiger partial charge in [0.15, 0.2) is 20.2 Å². The number of alkyl carbamates (subject to hydrolysis) is 1. The normalized spacial score (nSPS) is 12.7. The van der Waals surface area contributed by atoms with Crippen molar-refractivity contribution < 1.29 is 42.5 Å². The van der Waals surface area contributed by atoms with Crippen LogP contribution in [0.3, 0.4) is 0 Å². The van der Waals surface area contributed by atoms with Crippen molar-refractivity contribution in [3.8, 4) is 16.9 Å². The molecule has 0 spiro atoms. The molecule has 0 bridgehead atoms. The van der Waals surface area contributed by atoms with Crippen molar-refractivity contribution in [1.82, 2.24) is 15.1 Å². The molecule has 1 heterocycles. The molecule has 1 atom stereocenters. The Morgan fingerprint density at radius 3 is 2.39 bits per heavy atom. The predicted molar refractivity (Wildman–Crippen MR) is 167 cm³/mol. The number of hydrogen-bond donors (Lipinski definition) is 3. The van der Waals surface area contributed by atoms with Crippen LogP contribution in [0.5, 0.6) is 5.75 Å². The van der Waals surface area contributed by atoms with E-state index in [2.05, 4.69) is 22.3 Å². The minimum atomic E-state index is -2.41. The number of nitrogens with one attached hydrogen (secondary N) is 2. The van der Waals surface area contributed by atoms with E-state index in [0.717, 1.165) is 6.07 Å². The third-order valence-corrected chi connectivity index (χ3v) is 11.2. The van der Waals surface area contributed by atoms with Gasteiger partial charge >= 0.3 is 18.2 Å². The lowest BCUT2D eigenvalue weighted by Crippen LogP contribution is -2.47. The molecule has 0 aliphatic rings. The summed E-state index contributed by atoms with van der Waals surface area (Å²) in [4.78, 5) is 36.0. The first-order valence-corrected chi connectivity index (χ1v) is 17.2. The number of carbonyl (C=O) groups excluding carboxylic acids is 2. The summed E-state index contributed by atoms with van der Waals surface area (Å²) in [7, 11) is -2.41. The first-order valence-electron chi connectivity index (χ1n) is 14.3. The lowest BCUT2D eigenvalue weighted by atomic mass is 10.1. The zero-order valence-electron chi connectivity index (χ0n) is 26.8. The quantitative estimate of drug-likeness (QED) is 0.125.